The highest BCUT2D eigenvalue weighted by Crippen LogP contribution is 2.26. The zero-order valence-electron chi connectivity index (χ0n) is 12.8. The van der Waals surface area contributed by atoms with Gasteiger partial charge >= 0.3 is 5.97 Å². The Labute approximate surface area is 136 Å². The lowest BCUT2D eigenvalue weighted by molar-refractivity contribution is -0.384. The maximum atomic E-state index is 11.5. The summed E-state index contributed by atoms with van der Waals surface area (Å²) in [6, 6.07) is 11.7. The highest BCUT2D eigenvalue weighted by atomic mass is 16.6. The topological polar surface area (TPSA) is 110 Å². The van der Waals surface area contributed by atoms with E-state index in [0.717, 1.165) is 11.0 Å². The Morgan fingerprint density at radius 3 is 2.83 bits per heavy atom. The molecule has 0 bridgehead atoms. The summed E-state index contributed by atoms with van der Waals surface area (Å²) in [7, 11) is 1.22. The number of nitrogens with zero attached hydrogens (tertiary/aromatic N) is 2. The zero-order chi connectivity index (χ0) is 17.1. The van der Waals surface area contributed by atoms with Gasteiger partial charge in [-0.3, -0.25) is 10.1 Å². The number of hydrogen-bond acceptors (Lipinski definition) is 6. The van der Waals surface area contributed by atoms with E-state index in [9.17, 15) is 14.9 Å². The molecule has 2 N–H and O–H groups in total. The molecule has 0 amide bonds. The summed E-state index contributed by atoms with van der Waals surface area (Å²) in [5.74, 6) is 0.0319. The number of anilines is 1. The van der Waals surface area contributed by atoms with Crippen LogP contribution in [0.3, 0.4) is 0 Å². The third kappa shape index (κ3) is 3.02. The number of carbonyl (C=O) groups excluding carboxylic acids is 1. The van der Waals surface area contributed by atoms with Crippen molar-refractivity contribution in [2.45, 2.75) is 6.54 Å². The quantitative estimate of drug-likeness (QED) is 0.424. The van der Waals surface area contributed by atoms with Crippen LogP contribution in [0.15, 0.2) is 42.5 Å². The number of H-pyrrole nitrogens is 1. The average Bonchev–Trinajstić information content (AvgIpc) is 3.02. The van der Waals surface area contributed by atoms with Crippen LogP contribution in [0.25, 0.3) is 11.0 Å². The molecular formula is C16H14N4O4. The molecule has 0 atom stereocenters. The first-order valence-corrected chi connectivity index (χ1v) is 7.12. The SMILES string of the molecule is COC(=O)c1ccc(NCc2nc3ccccc3[nH]2)c([N+](=O)[O-])c1. The Morgan fingerprint density at radius 1 is 1.33 bits per heavy atom. The van der Waals surface area contributed by atoms with Crippen LogP contribution >= 0.6 is 0 Å². The van der Waals surface area contributed by atoms with E-state index in [4.69, 9.17) is 0 Å². The number of nitro groups is 1. The van der Waals surface area contributed by atoms with Crippen molar-refractivity contribution in [2.75, 3.05) is 12.4 Å². The summed E-state index contributed by atoms with van der Waals surface area (Å²) in [4.78, 5) is 29.7. The number of aromatic nitrogens is 2. The molecule has 0 saturated heterocycles. The van der Waals surface area contributed by atoms with Gasteiger partial charge in [-0.1, -0.05) is 12.1 Å². The average molecular weight is 326 g/mol. The standard InChI is InChI=1S/C16H14N4O4/c1-24-16(21)10-6-7-13(14(8-10)20(22)23)17-9-15-18-11-4-2-3-5-12(11)19-15/h2-8,17H,9H2,1H3,(H,18,19). The van der Waals surface area contributed by atoms with Crippen LogP contribution in [0, 0.1) is 10.1 Å². The fourth-order valence-corrected chi connectivity index (χ4v) is 2.35. The second-order valence-corrected chi connectivity index (χ2v) is 5.03. The van der Waals surface area contributed by atoms with E-state index >= 15 is 0 Å². The molecule has 8 nitrogen and oxygen atoms in total. The van der Waals surface area contributed by atoms with Crippen LogP contribution in [0.1, 0.15) is 16.2 Å². The third-order valence-electron chi connectivity index (χ3n) is 3.50. The summed E-state index contributed by atoms with van der Waals surface area (Å²) < 4.78 is 4.58. The molecule has 1 heterocycles. The number of rotatable bonds is 5. The summed E-state index contributed by atoms with van der Waals surface area (Å²) in [6.45, 7) is 0.285. The molecule has 0 aliphatic carbocycles. The molecule has 8 heteroatoms. The van der Waals surface area contributed by atoms with Crippen LogP contribution in [0.2, 0.25) is 0 Å². The number of nitrogens with one attached hydrogen (secondary N) is 2. The van der Waals surface area contributed by atoms with Crippen molar-refractivity contribution in [3.8, 4) is 0 Å². The van der Waals surface area contributed by atoms with Crippen LogP contribution < -0.4 is 5.32 Å². The van der Waals surface area contributed by atoms with Gasteiger partial charge < -0.3 is 15.0 Å². The molecular weight excluding hydrogens is 312 g/mol. The number of esters is 1. The van der Waals surface area contributed by atoms with E-state index < -0.39 is 10.9 Å². The minimum atomic E-state index is -0.623. The first kappa shape index (κ1) is 15.5. The number of carbonyl (C=O) groups is 1. The van der Waals surface area contributed by atoms with E-state index in [-0.39, 0.29) is 17.8 Å². The molecule has 0 spiro atoms. The number of benzene rings is 2. The Balaban J connectivity index is 1.83. The second kappa shape index (κ2) is 6.37. The lowest BCUT2D eigenvalue weighted by atomic mass is 10.1. The van der Waals surface area contributed by atoms with Gasteiger partial charge in [0.1, 0.15) is 11.5 Å². The molecule has 122 valence electrons. The molecule has 24 heavy (non-hydrogen) atoms. The van der Waals surface area contributed by atoms with E-state index in [1.165, 1.54) is 25.3 Å². The predicted molar refractivity (Wildman–Crippen MR) is 87.9 cm³/mol. The molecule has 0 fully saturated rings. The number of fused-ring (bicyclic) bond motifs is 1. The van der Waals surface area contributed by atoms with Gasteiger partial charge in [-0.25, -0.2) is 9.78 Å². The van der Waals surface area contributed by atoms with Crippen LogP contribution in [-0.4, -0.2) is 28.0 Å². The highest BCUT2D eigenvalue weighted by Gasteiger charge is 2.18. The van der Waals surface area contributed by atoms with Gasteiger partial charge in [-0.2, -0.15) is 0 Å². The zero-order valence-corrected chi connectivity index (χ0v) is 12.8. The molecule has 0 saturated carbocycles. The predicted octanol–water partition coefficient (Wildman–Crippen LogP) is 2.87. The summed E-state index contributed by atoms with van der Waals surface area (Å²) in [5.41, 5.74) is 1.94. The summed E-state index contributed by atoms with van der Waals surface area (Å²) in [5, 5.41) is 14.2. The van der Waals surface area contributed by atoms with Gasteiger partial charge in [-0.15, -0.1) is 0 Å². The molecule has 0 radical (unpaired) electrons. The van der Waals surface area contributed by atoms with Crippen molar-refractivity contribution in [2.24, 2.45) is 0 Å². The van der Waals surface area contributed by atoms with Gasteiger partial charge in [0.15, 0.2) is 0 Å². The molecule has 0 aliphatic rings. The molecule has 0 aliphatic heterocycles. The minimum absolute atomic E-state index is 0.124. The molecule has 3 aromatic rings. The number of methoxy groups -OCH3 is 1. The largest absolute Gasteiger partial charge is 0.465 e. The van der Waals surface area contributed by atoms with E-state index in [0.29, 0.717) is 11.5 Å². The van der Waals surface area contributed by atoms with Crippen molar-refractivity contribution < 1.29 is 14.5 Å². The number of imidazole rings is 1. The van der Waals surface area contributed by atoms with Crippen molar-refractivity contribution >= 4 is 28.4 Å². The van der Waals surface area contributed by atoms with Crippen LogP contribution in [-0.2, 0) is 11.3 Å². The van der Waals surface area contributed by atoms with Crippen molar-refractivity contribution in [3.63, 3.8) is 0 Å². The molecule has 1 aromatic heterocycles. The van der Waals surface area contributed by atoms with Crippen molar-refractivity contribution in [1.29, 1.82) is 0 Å². The lowest BCUT2D eigenvalue weighted by Crippen LogP contribution is -2.06. The first-order valence-electron chi connectivity index (χ1n) is 7.12. The number of para-hydroxylation sites is 2. The van der Waals surface area contributed by atoms with Gasteiger partial charge in [0.05, 0.1) is 35.2 Å². The van der Waals surface area contributed by atoms with E-state index in [1.807, 2.05) is 24.3 Å². The summed E-state index contributed by atoms with van der Waals surface area (Å²) in [6.07, 6.45) is 0. The third-order valence-corrected chi connectivity index (χ3v) is 3.50. The van der Waals surface area contributed by atoms with Crippen LogP contribution in [0.5, 0.6) is 0 Å². The maximum absolute atomic E-state index is 11.5. The number of aromatic amines is 1. The first-order chi connectivity index (χ1) is 11.6. The Bertz CT molecular complexity index is 886. The fourth-order valence-electron chi connectivity index (χ4n) is 2.35. The van der Waals surface area contributed by atoms with Crippen molar-refractivity contribution in [3.05, 3.63) is 64.0 Å². The van der Waals surface area contributed by atoms with Gasteiger partial charge in [0.25, 0.3) is 5.69 Å². The molecule has 0 unspecified atom stereocenters. The lowest BCUT2D eigenvalue weighted by Gasteiger charge is -2.07. The number of hydrogen-bond donors (Lipinski definition) is 2. The second-order valence-electron chi connectivity index (χ2n) is 5.03. The van der Waals surface area contributed by atoms with Gasteiger partial charge in [0.2, 0.25) is 0 Å². The Hall–Kier alpha value is -3.42. The van der Waals surface area contributed by atoms with Crippen LogP contribution in [0.4, 0.5) is 11.4 Å². The summed E-state index contributed by atoms with van der Waals surface area (Å²) >= 11 is 0. The maximum Gasteiger partial charge on any atom is 0.338 e. The fraction of sp³-hybridized carbons (Fsp3) is 0.125. The Morgan fingerprint density at radius 2 is 2.12 bits per heavy atom. The van der Waals surface area contributed by atoms with Crippen molar-refractivity contribution in [1.82, 2.24) is 9.97 Å². The van der Waals surface area contributed by atoms with Gasteiger partial charge in [0, 0.05) is 6.07 Å². The highest BCUT2D eigenvalue weighted by molar-refractivity contribution is 5.91. The van der Waals surface area contributed by atoms with Gasteiger partial charge in [-0.05, 0) is 24.3 Å². The van der Waals surface area contributed by atoms with E-state index in [1.54, 1.807) is 0 Å². The normalized spacial score (nSPS) is 10.5. The number of nitro benzene ring substituents is 1. The number of ether oxygens (including phenoxy) is 1. The van der Waals surface area contributed by atoms with E-state index in [2.05, 4.69) is 20.0 Å². The smallest absolute Gasteiger partial charge is 0.338 e. The molecule has 3 rings (SSSR count). The molecule has 2 aromatic carbocycles. The Kier molecular flexibility index (Phi) is 4.11. The minimum Gasteiger partial charge on any atom is -0.465 e. The monoisotopic (exact) mass is 326 g/mol.